The highest BCUT2D eigenvalue weighted by atomic mass is 28.4. The van der Waals surface area contributed by atoms with Crippen molar-refractivity contribution in [2.24, 2.45) is 0 Å². The average Bonchev–Trinajstić information content (AvgIpc) is 2.51. The van der Waals surface area contributed by atoms with E-state index in [0.717, 1.165) is 34.7 Å². The fourth-order valence-electron chi connectivity index (χ4n) is 2.73. The van der Waals surface area contributed by atoms with Crippen LogP contribution in [0.3, 0.4) is 0 Å². The van der Waals surface area contributed by atoms with E-state index < -0.39 is 16.4 Å². The first-order valence-electron chi connectivity index (χ1n) is 8.52. The molecule has 130 valence electrons. The summed E-state index contributed by atoms with van der Waals surface area (Å²) >= 11 is 0. The van der Waals surface area contributed by atoms with Crippen molar-refractivity contribution < 1.29 is 13.9 Å². The summed E-state index contributed by atoms with van der Waals surface area (Å²) in [7, 11) is -3.63. The van der Waals surface area contributed by atoms with E-state index in [0.29, 0.717) is 0 Å². The third-order valence-corrected chi connectivity index (χ3v) is 11.4. The molecule has 0 atom stereocenters. The van der Waals surface area contributed by atoms with Crippen molar-refractivity contribution in [3.8, 4) is 0 Å². The molecule has 1 aromatic carbocycles. The highest BCUT2D eigenvalue weighted by molar-refractivity contribution is 6.84. The first kappa shape index (κ1) is 20.1. The van der Waals surface area contributed by atoms with Gasteiger partial charge in [-0.05, 0) is 47.6 Å². The molecule has 0 saturated heterocycles. The van der Waals surface area contributed by atoms with Gasteiger partial charge in [0.2, 0.25) is 8.32 Å². The van der Waals surface area contributed by atoms with E-state index in [-0.39, 0.29) is 12.4 Å². The first-order chi connectivity index (χ1) is 10.7. The zero-order chi connectivity index (χ0) is 17.7. The summed E-state index contributed by atoms with van der Waals surface area (Å²) in [6.07, 6.45) is 0. The minimum atomic E-state index is -1.88. The molecule has 0 aliphatic heterocycles. The maximum absolute atomic E-state index is 13.3. The highest BCUT2D eigenvalue weighted by Crippen LogP contribution is 2.34. The van der Waals surface area contributed by atoms with Crippen LogP contribution in [0.25, 0.3) is 5.76 Å². The van der Waals surface area contributed by atoms with Crippen molar-refractivity contribution in [1.29, 1.82) is 0 Å². The minimum absolute atomic E-state index is 0.00402. The number of hydrogen-bond acceptors (Lipinski definition) is 2. The smallest absolute Gasteiger partial charge is 0.250 e. The average molecular weight is 355 g/mol. The van der Waals surface area contributed by atoms with Gasteiger partial charge >= 0.3 is 0 Å². The number of halogens is 1. The number of rotatable bonds is 8. The molecule has 0 aliphatic rings. The van der Waals surface area contributed by atoms with Gasteiger partial charge in [0.1, 0.15) is 11.6 Å². The second-order valence-electron chi connectivity index (χ2n) is 7.07. The monoisotopic (exact) mass is 354 g/mol. The van der Waals surface area contributed by atoms with E-state index in [2.05, 4.69) is 40.4 Å². The van der Waals surface area contributed by atoms with Gasteiger partial charge < -0.3 is 9.53 Å². The molecule has 0 unspecified atom stereocenters. The zero-order valence-electron chi connectivity index (χ0n) is 15.4. The lowest BCUT2D eigenvalue weighted by molar-refractivity contribution is 0.334. The fraction of sp³-hybridized carbons (Fsp3) is 0.556. The van der Waals surface area contributed by atoms with Crippen LogP contribution in [0.4, 0.5) is 4.39 Å². The molecule has 1 N–H and O–H groups in total. The van der Waals surface area contributed by atoms with Crippen LogP contribution in [-0.4, -0.2) is 28.1 Å². The Balaban J connectivity index is 3.49. The van der Waals surface area contributed by atoms with Crippen LogP contribution in [-0.2, 0) is 4.43 Å². The minimum Gasteiger partial charge on any atom is -0.543 e. The van der Waals surface area contributed by atoms with E-state index in [9.17, 15) is 9.50 Å². The van der Waals surface area contributed by atoms with Crippen molar-refractivity contribution >= 4 is 22.2 Å². The number of benzene rings is 1. The van der Waals surface area contributed by atoms with Gasteiger partial charge in [-0.15, -0.1) is 0 Å². The van der Waals surface area contributed by atoms with Crippen molar-refractivity contribution in [2.45, 2.75) is 58.5 Å². The molecule has 0 bridgehead atoms. The van der Waals surface area contributed by atoms with Crippen LogP contribution in [0.2, 0.25) is 37.8 Å². The van der Waals surface area contributed by atoms with Crippen molar-refractivity contribution in [1.82, 2.24) is 0 Å². The first-order valence-corrected chi connectivity index (χ1v) is 14.5. The Labute approximate surface area is 142 Å². The third kappa shape index (κ3) is 5.03. The molecule has 23 heavy (non-hydrogen) atoms. The van der Waals surface area contributed by atoms with Crippen LogP contribution in [0, 0.1) is 5.82 Å². The number of aliphatic hydroxyl groups excluding tert-OH is 1. The van der Waals surface area contributed by atoms with E-state index in [4.69, 9.17) is 4.43 Å². The van der Waals surface area contributed by atoms with Crippen LogP contribution in [0.5, 0.6) is 0 Å². The molecule has 0 fully saturated rings. The molecule has 0 aromatic heterocycles. The number of aliphatic hydroxyl groups is 1. The van der Waals surface area contributed by atoms with Gasteiger partial charge in [-0.3, -0.25) is 0 Å². The summed E-state index contributed by atoms with van der Waals surface area (Å²) in [4.78, 5) is 0. The summed E-state index contributed by atoms with van der Waals surface area (Å²) < 4.78 is 20.0. The molecule has 5 heteroatoms. The standard InChI is InChI=1S/C18H31FO2Si2/c1-7-23(8-2,9-3)21-18(17(14-20)22(4,5)6)15-10-12-16(19)13-11-15/h10-13,20H,7-9,14H2,1-6H3/b18-17-. The lowest BCUT2D eigenvalue weighted by Gasteiger charge is -2.34. The molecule has 0 amide bonds. The highest BCUT2D eigenvalue weighted by Gasteiger charge is 2.34. The predicted octanol–water partition coefficient (Wildman–Crippen LogP) is 5.43. The molecule has 2 nitrogen and oxygen atoms in total. The van der Waals surface area contributed by atoms with Crippen LogP contribution in [0.1, 0.15) is 26.3 Å². The Hall–Kier alpha value is -0.916. The molecule has 0 spiro atoms. The summed E-state index contributed by atoms with van der Waals surface area (Å²) in [5, 5.41) is 11.0. The second kappa shape index (κ2) is 8.26. The van der Waals surface area contributed by atoms with E-state index >= 15 is 0 Å². The van der Waals surface area contributed by atoms with E-state index in [1.165, 1.54) is 12.1 Å². The van der Waals surface area contributed by atoms with Gasteiger partial charge in [-0.1, -0.05) is 40.4 Å². The normalized spacial score (nSPS) is 13.7. The second-order valence-corrected chi connectivity index (χ2v) is 16.9. The summed E-state index contributed by atoms with van der Waals surface area (Å²) in [6.45, 7) is 13.2. The van der Waals surface area contributed by atoms with Crippen LogP contribution < -0.4 is 0 Å². The Morgan fingerprint density at radius 3 is 1.83 bits per heavy atom. The Bertz CT molecular complexity index is 521. The van der Waals surface area contributed by atoms with Crippen LogP contribution >= 0.6 is 0 Å². The Kier molecular flexibility index (Phi) is 7.23. The Morgan fingerprint density at radius 1 is 1.00 bits per heavy atom. The summed E-state index contributed by atoms with van der Waals surface area (Å²) in [6, 6.07) is 9.57. The molecule has 1 rings (SSSR count). The van der Waals surface area contributed by atoms with Gasteiger partial charge in [-0.25, -0.2) is 4.39 Å². The van der Waals surface area contributed by atoms with Crippen molar-refractivity contribution in [2.75, 3.05) is 6.61 Å². The van der Waals surface area contributed by atoms with E-state index in [1.807, 2.05) is 0 Å². The van der Waals surface area contributed by atoms with Gasteiger partial charge in [0.05, 0.1) is 14.7 Å². The number of hydrogen-bond donors (Lipinski definition) is 1. The molecule has 1 aromatic rings. The van der Waals surface area contributed by atoms with Crippen LogP contribution in [0.15, 0.2) is 29.5 Å². The lowest BCUT2D eigenvalue weighted by Crippen LogP contribution is -2.37. The van der Waals surface area contributed by atoms with Crippen molar-refractivity contribution in [3.63, 3.8) is 0 Å². The zero-order valence-corrected chi connectivity index (χ0v) is 17.4. The van der Waals surface area contributed by atoms with Crippen molar-refractivity contribution in [3.05, 3.63) is 40.8 Å². The summed E-state index contributed by atoms with van der Waals surface area (Å²) in [5.74, 6) is 0.556. The quantitative estimate of drug-likeness (QED) is 0.498. The Morgan fingerprint density at radius 2 is 1.48 bits per heavy atom. The molecule has 0 aliphatic carbocycles. The fourth-order valence-corrected chi connectivity index (χ4v) is 6.79. The molecule has 0 heterocycles. The third-order valence-electron chi connectivity index (χ3n) is 4.70. The molecular weight excluding hydrogens is 323 g/mol. The largest absolute Gasteiger partial charge is 0.543 e. The summed E-state index contributed by atoms with van der Waals surface area (Å²) in [5.41, 5.74) is 0.880. The molecular formula is C18H31FO2Si2. The van der Waals surface area contributed by atoms with Gasteiger partial charge in [0.15, 0.2) is 0 Å². The lowest BCUT2D eigenvalue weighted by atomic mass is 10.2. The maximum atomic E-state index is 13.3. The maximum Gasteiger partial charge on any atom is 0.250 e. The topological polar surface area (TPSA) is 29.5 Å². The van der Waals surface area contributed by atoms with Gasteiger partial charge in [-0.2, -0.15) is 0 Å². The van der Waals surface area contributed by atoms with E-state index in [1.54, 1.807) is 12.1 Å². The molecule has 0 radical (unpaired) electrons. The van der Waals surface area contributed by atoms with Gasteiger partial charge in [0, 0.05) is 5.56 Å². The van der Waals surface area contributed by atoms with Gasteiger partial charge in [0.25, 0.3) is 0 Å². The predicted molar refractivity (Wildman–Crippen MR) is 102 cm³/mol. The molecule has 0 saturated carbocycles. The SMILES string of the molecule is CC[Si](CC)(CC)O/C(=C(/CO)[Si](C)(C)C)c1ccc(F)cc1.